The summed E-state index contributed by atoms with van der Waals surface area (Å²) in [4.78, 5) is 70.1. The van der Waals surface area contributed by atoms with Crippen molar-refractivity contribution in [2.24, 2.45) is 23.3 Å². The third-order valence-corrected chi connectivity index (χ3v) is 16.2. The van der Waals surface area contributed by atoms with Gasteiger partial charge >= 0.3 is 23.9 Å². The van der Waals surface area contributed by atoms with Gasteiger partial charge in [0, 0.05) is 51.3 Å². The number of esters is 3. The molecule has 8 N–H and O–H groups in total. The molecule has 0 saturated carbocycles. The van der Waals surface area contributed by atoms with Gasteiger partial charge in [0.25, 0.3) is 0 Å². The van der Waals surface area contributed by atoms with Gasteiger partial charge in [-0.15, -0.1) is 0 Å². The number of H-pyrrole nitrogens is 3. The van der Waals surface area contributed by atoms with Gasteiger partial charge in [-0.25, -0.2) is 0 Å². The number of aliphatic carboxylic acids is 1. The van der Waals surface area contributed by atoms with Crippen LogP contribution in [0.15, 0.2) is 237 Å². The first kappa shape index (κ1) is 78.6. The summed E-state index contributed by atoms with van der Waals surface area (Å²) < 4.78 is 33.6. The fourth-order valence-electron chi connectivity index (χ4n) is 11.4. The number of fused-ring (bicyclic) bond motifs is 3. The molecule has 0 radical (unpaired) electrons. The van der Waals surface area contributed by atoms with Gasteiger partial charge in [0.2, 0.25) is 5.91 Å². The molecule has 0 fully saturated rings. The number of benzene rings is 9. The van der Waals surface area contributed by atoms with Gasteiger partial charge in [0.15, 0.2) is 0 Å². The van der Waals surface area contributed by atoms with Crippen molar-refractivity contribution in [3.63, 3.8) is 0 Å². The summed E-state index contributed by atoms with van der Waals surface area (Å²) in [6.45, 7) is 12.7. The normalized spacial score (nSPS) is 11.8. The Morgan fingerprint density at radius 3 is 1.00 bits per heavy atom. The van der Waals surface area contributed by atoms with E-state index in [1.807, 2.05) is 233 Å². The number of primary amides is 1. The van der Waals surface area contributed by atoms with Crippen molar-refractivity contribution in [1.29, 1.82) is 0 Å². The van der Waals surface area contributed by atoms with Gasteiger partial charge in [-0.1, -0.05) is 150 Å². The minimum atomic E-state index is -1.01. The number of amides is 1. The van der Waals surface area contributed by atoms with E-state index in [1.165, 1.54) is 0 Å². The molecule has 0 aliphatic rings. The molecule has 0 bridgehead atoms. The van der Waals surface area contributed by atoms with Gasteiger partial charge < -0.3 is 59.9 Å². The van der Waals surface area contributed by atoms with Gasteiger partial charge in [0.1, 0.15) is 45.7 Å². The lowest BCUT2D eigenvalue weighted by Gasteiger charge is -2.21. The van der Waals surface area contributed by atoms with E-state index in [4.69, 9.17) is 39.9 Å². The molecule has 0 aliphatic heterocycles. The number of carboxylic acid groups (broad SMARTS) is 1. The quantitative estimate of drug-likeness (QED) is 0.0257. The molecule has 3 unspecified atom stereocenters. The molecule has 0 spiro atoms. The van der Waals surface area contributed by atoms with Crippen LogP contribution >= 0.6 is 0 Å². The van der Waals surface area contributed by atoms with Crippen LogP contribution in [0.2, 0.25) is 0 Å². The lowest BCUT2D eigenvalue weighted by atomic mass is 9.95. The van der Waals surface area contributed by atoms with Crippen LogP contribution in [0.5, 0.6) is 34.5 Å². The van der Waals surface area contributed by atoms with Crippen molar-refractivity contribution in [3.8, 4) is 67.9 Å². The van der Waals surface area contributed by atoms with E-state index < -0.39 is 58.9 Å². The standard InChI is InChI=1S/C31H33NO5.C29H29NO5.C23H21N3O2.3CH4/c1-5-35-30(34)23(19-29(33)37-31(2,3)4)17-24-20-32-28-18-22(13-16-27(24)28)21-11-14-26(15-12-21)36-25-9-7-6-8-10-25;1-29(2,3)35-27(31)17-21(28(32)33)15-22-18-30-26-16-20(11-14-25(22)26)19-9-12-24(13-10-19)34-23-7-5-4-6-8-23;24-21(23(25)27)12-17-14-26-22-13-16(8-11-20(17)22)15-6-9-19(10-7-15)28-18-4-2-1-3-5-18;;;/h6-16,18,20,23,32H,5,17,19H2,1-4H3;4-14,16,18,21,30H,15,17H2,1-3H3,(H,32,33);1-11,13-14,21,26H,12,24H2,(H2,25,27);3*1H4. The van der Waals surface area contributed by atoms with Crippen LogP contribution in [-0.4, -0.2) is 73.7 Å². The number of nitrogens with one attached hydrogen (secondary N) is 3. The molecule has 103 heavy (non-hydrogen) atoms. The fraction of sp³-hybridized carbons (Fsp3) is 0.244. The highest BCUT2D eigenvalue weighted by atomic mass is 16.6. The molecule has 17 heteroatoms. The number of aromatic amines is 3. The minimum Gasteiger partial charge on any atom is -0.481 e. The molecule has 3 heterocycles. The van der Waals surface area contributed by atoms with E-state index in [0.717, 1.165) is 117 Å². The zero-order chi connectivity index (χ0) is 70.9. The maximum atomic E-state index is 12.6. The Hall–Kier alpha value is -11.7. The molecule has 17 nitrogen and oxygen atoms in total. The highest BCUT2D eigenvalue weighted by Gasteiger charge is 2.29. The Bertz CT molecular complexity index is 4730. The SMILES string of the molecule is C.C.C.CC(C)(C)OC(=O)CC(Cc1c[nH]c2cc(-c3ccc(Oc4ccccc4)cc3)ccc12)C(=O)O.CCOC(=O)C(CC(=O)OC(C)(C)C)Cc1c[nH]c2cc(-c3ccc(Oc4ccccc4)cc3)ccc12.NC(=O)C(N)Cc1c[nH]c2cc(-c3ccc(Oc4ccccc4)cc3)ccc12. The number of hydrogen-bond acceptors (Lipinski definition) is 12. The minimum absolute atomic E-state index is 0. The zero-order valence-electron chi connectivity index (χ0n) is 57.1. The number of ether oxygens (including phenoxy) is 6. The van der Waals surface area contributed by atoms with Crippen LogP contribution in [0, 0.1) is 11.8 Å². The van der Waals surface area contributed by atoms with Gasteiger partial charge in [-0.2, -0.15) is 0 Å². The molecule has 9 aromatic carbocycles. The van der Waals surface area contributed by atoms with E-state index in [1.54, 1.807) is 27.7 Å². The van der Waals surface area contributed by atoms with E-state index >= 15 is 0 Å². The number of carbonyl (C=O) groups is 5. The number of para-hydroxylation sites is 3. The van der Waals surface area contributed by atoms with Crippen LogP contribution in [0.25, 0.3) is 66.1 Å². The Labute approximate surface area is 603 Å². The highest BCUT2D eigenvalue weighted by Crippen LogP contribution is 2.35. The number of carbonyl (C=O) groups excluding carboxylic acids is 4. The lowest BCUT2D eigenvalue weighted by Crippen LogP contribution is -2.38. The Morgan fingerprint density at radius 1 is 0.408 bits per heavy atom. The third kappa shape index (κ3) is 22.4. The van der Waals surface area contributed by atoms with E-state index in [-0.39, 0.29) is 48.1 Å². The summed E-state index contributed by atoms with van der Waals surface area (Å²) in [5.74, 6) is 0.408. The first-order valence-corrected chi connectivity index (χ1v) is 33.2. The van der Waals surface area contributed by atoms with Crippen molar-refractivity contribution >= 4 is 62.5 Å². The molecule has 3 atom stereocenters. The van der Waals surface area contributed by atoms with Crippen LogP contribution in [0.3, 0.4) is 0 Å². The van der Waals surface area contributed by atoms with Crippen molar-refractivity contribution in [3.05, 3.63) is 254 Å². The molecule has 0 saturated heterocycles. The predicted octanol–water partition coefficient (Wildman–Crippen LogP) is 19.6. The second-order valence-corrected chi connectivity index (χ2v) is 26.2. The molecular formula is C86H95N5O12. The van der Waals surface area contributed by atoms with Gasteiger partial charge in [0.05, 0.1) is 37.3 Å². The Kier molecular flexibility index (Phi) is 27.5. The lowest BCUT2D eigenvalue weighted by molar-refractivity contribution is -0.161. The van der Waals surface area contributed by atoms with E-state index in [0.29, 0.717) is 12.8 Å². The Balaban J connectivity index is 0.000000215. The van der Waals surface area contributed by atoms with Gasteiger partial charge in [-0.05, 0) is 209 Å². The molecule has 1 amide bonds. The smallest absolute Gasteiger partial charge is 0.309 e. The summed E-state index contributed by atoms with van der Waals surface area (Å²) in [5.41, 5.74) is 21.8. The largest absolute Gasteiger partial charge is 0.481 e. The maximum Gasteiger partial charge on any atom is 0.309 e. The highest BCUT2D eigenvalue weighted by molar-refractivity contribution is 5.92. The van der Waals surface area contributed by atoms with E-state index in [9.17, 15) is 29.1 Å². The topological polar surface area (TPSA) is 260 Å². The van der Waals surface area contributed by atoms with Crippen molar-refractivity contribution < 1.29 is 57.5 Å². The third-order valence-electron chi connectivity index (χ3n) is 16.2. The molecular weight excluding hydrogens is 1290 g/mol. The van der Waals surface area contributed by atoms with Crippen LogP contribution in [-0.2, 0) is 57.4 Å². The Morgan fingerprint density at radius 2 is 0.699 bits per heavy atom. The first-order chi connectivity index (χ1) is 48.0. The number of aromatic nitrogens is 3. The summed E-state index contributed by atoms with van der Waals surface area (Å²) in [5, 5.41) is 12.7. The zero-order valence-corrected chi connectivity index (χ0v) is 57.1. The summed E-state index contributed by atoms with van der Waals surface area (Å²) >= 11 is 0. The summed E-state index contributed by atoms with van der Waals surface area (Å²) in [6, 6.07) is 70.5. The number of nitrogens with two attached hydrogens (primary N) is 2. The summed E-state index contributed by atoms with van der Waals surface area (Å²) in [7, 11) is 0. The molecule has 536 valence electrons. The number of carboxylic acids is 1. The average Bonchev–Trinajstić information content (AvgIpc) is 1.70. The predicted molar refractivity (Wildman–Crippen MR) is 411 cm³/mol. The number of hydrogen-bond donors (Lipinski definition) is 6. The van der Waals surface area contributed by atoms with Crippen molar-refractivity contribution in [2.75, 3.05) is 6.61 Å². The second kappa shape index (κ2) is 36.1. The van der Waals surface area contributed by atoms with Gasteiger partial charge in [-0.3, -0.25) is 24.0 Å². The molecule has 12 aromatic rings. The molecule has 0 aliphatic carbocycles. The second-order valence-electron chi connectivity index (χ2n) is 26.2. The number of rotatable bonds is 23. The first-order valence-electron chi connectivity index (χ1n) is 33.2. The van der Waals surface area contributed by atoms with Crippen molar-refractivity contribution in [2.45, 2.75) is 120 Å². The van der Waals surface area contributed by atoms with Crippen LogP contribution in [0.4, 0.5) is 0 Å². The average molecular weight is 1390 g/mol. The van der Waals surface area contributed by atoms with Crippen LogP contribution < -0.4 is 25.7 Å². The van der Waals surface area contributed by atoms with E-state index in [2.05, 4.69) is 39.2 Å². The summed E-state index contributed by atoms with van der Waals surface area (Å²) in [6.07, 6.45) is 6.42. The van der Waals surface area contributed by atoms with Crippen molar-refractivity contribution in [1.82, 2.24) is 15.0 Å². The fourth-order valence-corrected chi connectivity index (χ4v) is 11.4. The monoisotopic (exact) mass is 1390 g/mol. The van der Waals surface area contributed by atoms with Crippen LogP contribution in [0.1, 0.15) is 100 Å². The molecule has 12 rings (SSSR count). The molecule has 3 aromatic heterocycles. The maximum absolute atomic E-state index is 12.6.